The lowest BCUT2D eigenvalue weighted by Crippen LogP contribution is -2.46. The predicted molar refractivity (Wildman–Crippen MR) is 76.2 cm³/mol. The molecule has 2 aliphatic rings. The van der Waals surface area contributed by atoms with Gasteiger partial charge in [0.15, 0.2) is 0 Å². The average molecular weight is 290 g/mol. The fourth-order valence-electron chi connectivity index (χ4n) is 2.73. The van der Waals surface area contributed by atoms with Gasteiger partial charge in [-0.15, -0.1) is 0 Å². The lowest BCUT2D eigenvalue weighted by atomic mass is 9.96. The Kier molecular flexibility index (Phi) is 3.90. The number of hydrogen-bond acceptors (Lipinski definition) is 2. The van der Waals surface area contributed by atoms with E-state index in [0.717, 1.165) is 25.7 Å². The summed E-state index contributed by atoms with van der Waals surface area (Å²) in [5.41, 5.74) is 0.0840. The molecule has 1 saturated heterocycles. The summed E-state index contributed by atoms with van der Waals surface area (Å²) in [4.78, 5) is 26.1. The van der Waals surface area contributed by atoms with Crippen molar-refractivity contribution in [1.29, 1.82) is 0 Å². The Morgan fingerprint density at radius 3 is 2.67 bits per heavy atom. The Bertz CT molecular complexity index is 557. The Hall–Kier alpha value is -1.91. The Morgan fingerprint density at radius 1 is 1.19 bits per heavy atom. The van der Waals surface area contributed by atoms with Gasteiger partial charge in [-0.05, 0) is 37.8 Å². The molecule has 5 heteroatoms. The fourth-order valence-corrected chi connectivity index (χ4v) is 2.73. The first-order chi connectivity index (χ1) is 10.1. The van der Waals surface area contributed by atoms with E-state index in [-0.39, 0.29) is 23.3 Å². The van der Waals surface area contributed by atoms with Crippen LogP contribution in [-0.4, -0.2) is 35.8 Å². The van der Waals surface area contributed by atoms with E-state index in [0.29, 0.717) is 19.1 Å². The zero-order chi connectivity index (χ0) is 14.8. The molecule has 1 atom stereocenters. The van der Waals surface area contributed by atoms with Crippen LogP contribution in [0, 0.1) is 11.7 Å². The van der Waals surface area contributed by atoms with E-state index in [1.54, 1.807) is 17.0 Å². The number of hydrogen-bond donors (Lipinski definition) is 1. The number of piperidine rings is 1. The van der Waals surface area contributed by atoms with Gasteiger partial charge in [0, 0.05) is 19.1 Å². The maximum atomic E-state index is 13.7. The second kappa shape index (κ2) is 5.84. The van der Waals surface area contributed by atoms with E-state index in [9.17, 15) is 14.0 Å². The van der Waals surface area contributed by atoms with Gasteiger partial charge < -0.3 is 10.2 Å². The summed E-state index contributed by atoms with van der Waals surface area (Å²) < 4.78 is 13.7. The zero-order valence-corrected chi connectivity index (χ0v) is 11.8. The number of halogens is 1. The minimum atomic E-state index is -0.507. The van der Waals surface area contributed by atoms with Crippen LogP contribution in [0.1, 0.15) is 36.0 Å². The molecule has 1 aliphatic carbocycles. The number of nitrogens with one attached hydrogen (secondary N) is 1. The molecule has 1 aliphatic heterocycles. The number of rotatable bonds is 3. The maximum absolute atomic E-state index is 13.7. The number of carbonyl (C=O) groups excluding carboxylic acids is 2. The van der Waals surface area contributed by atoms with Crippen molar-refractivity contribution in [2.45, 2.75) is 31.7 Å². The minimum Gasteiger partial charge on any atom is -0.353 e. The summed E-state index contributed by atoms with van der Waals surface area (Å²) in [5.74, 6) is -0.970. The molecular weight excluding hydrogens is 271 g/mol. The average Bonchev–Trinajstić information content (AvgIpc) is 3.31. The molecule has 1 N–H and O–H groups in total. The summed E-state index contributed by atoms with van der Waals surface area (Å²) in [6, 6.07) is 6.32. The van der Waals surface area contributed by atoms with Crippen LogP contribution < -0.4 is 5.32 Å². The van der Waals surface area contributed by atoms with Crippen LogP contribution in [0.3, 0.4) is 0 Å². The second-order valence-electron chi connectivity index (χ2n) is 5.85. The molecule has 0 spiro atoms. The smallest absolute Gasteiger partial charge is 0.256 e. The van der Waals surface area contributed by atoms with Gasteiger partial charge >= 0.3 is 0 Å². The molecule has 21 heavy (non-hydrogen) atoms. The van der Waals surface area contributed by atoms with Gasteiger partial charge in [0.1, 0.15) is 5.82 Å². The van der Waals surface area contributed by atoms with Gasteiger partial charge in [0.25, 0.3) is 5.91 Å². The second-order valence-corrected chi connectivity index (χ2v) is 5.85. The zero-order valence-electron chi connectivity index (χ0n) is 11.8. The van der Waals surface area contributed by atoms with E-state index in [1.807, 2.05) is 0 Å². The molecule has 0 unspecified atom stereocenters. The lowest BCUT2D eigenvalue weighted by molar-refractivity contribution is -0.126. The van der Waals surface area contributed by atoms with Gasteiger partial charge in [0.2, 0.25) is 5.91 Å². The van der Waals surface area contributed by atoms with E-state index in [4.69, 9.17) is 0 Å². The molecule has 0 radical (unpaired) electrons. The van der Waals surface area contributed by atoms with Gasteiger partial charge in [-0.3, -0.25) is 9.59 Å². The number of nitrogens with zero attached hydrogens (tertiary/aromatic N) is 1. The minimum absolute atomic E-state index is 0.0310. The molecule has 2 amide bonds. The van der Waals surface area contributed by atoms with Crippen molar-refractivity contribution in [3.8, 4) is 0 Å². The Morgan fingerprint density at radius 2 is 1.95 bits per heavy atom. The van der Waals surface area contributed by atoms with Crippen molar-refractivity contribution in [3.63, 3.8) is 0 Å². The largest absolute Gasteiger partial charge is 0.353 e. The van der Waals surface area contributed by atoms with Gasteiger partial charge in [-0.2, -0.15) is 0 Å². The van der Waals surface area contributed by atoms with Crippen LogP contribution in [-0.2, 0) is 4.79 Å². The van der Waals surface area contributed by atoms with Crippen molar-refractivity contribution >= 4 is 11.8 Å². The van der Waals surface area contributed by atoms with Crippen molar-refractivity contribution in [2.75, 3.05) is 13.1 Å². The first kappa shape index (κ1) is 14.0. The number of carbonyl (C=O) groups is 2. The van der Waals surface area contributed by atoms with Crippen molar-refractivity contribution in [1.82, 2.24) is 10.2 Å². The monoisotopic (exact) mass is 290 g/mol. The SMILES string of the molecule is O=C(NC1CC1)[C@H]1CCCN(C(=O)c2ccccc2F)C1. The maximum Gasteiger partial charge on any atom is 0.256 e. The molecular formula is C16H19FN2O2. The Labute approximate surface area is 123 Å². The van der Waals surface area contributed by atoms with E-state index in [2.05, 4.69) is 5.32 Å². The summed E-state index contributed by atoms with van der Waals surface area (Å²) in [6.07, 6.45) is 3.68. The number of benzene rings is 1. The van der Waals surface area contributed by atoms with Crippen molar-refractivity contribution < 1.29 is 14.0 Å². The van der Waals surface area contributed by atoms with Gasteiger partial charge in [-0.1, -0.05) is 12.1 Å². The van der Waals surface area contributed by atoms with Crippen molar-refractivity contribution in [2.24, 2.45) is 5.92 Å². The van der Waals surface area contributed by atoms with Gasteiger partial charge in [0.05, 0.1) is 11.5 Å². The summed E-state index contributed by atoms with van der Waals surface area (Å²) >= 11 is 0. The first-order valence-electron chi connectivity index (χ1n) is 7.49. The summed E-state index contributed by atoms with van der Waals surface area (Å²) in [6.45, 7) is 0.964. The standard InChI is InChI=1S/C16H19FN2O2/c17-14-6-2-1-5-13(14)16(21)19-9-3-4-11(10-19)15(20)18-12-7-8-12/h1-2,5-6,11-12H,3-4,7-10H2,(H,18,20)/t11-/m0/s1. The highest BCUT2D eigenvalue weighted by Gasteiger charge is 2.32. The predicted octanol–water partition coefficient (Wildman–Crippen LogP) is 1.96. The summed E-state index contributed by atoms with van der Waals surface area (Å²) in [5, 5.41) is 2.98. The molecule has 0 aromatic heterocycles. The Balaban J connectivity index is 1.66. The van der Waals surface area contributed by atoms with E-state index < -0.39 is 5.82 Å². The highest BCUT2D eigenvalue weighted by Crippen LogP contribution is 2.23. The number of likely N-dealkylation sites (tertiary alicyclic amines) is 1. The van der Waals surface area contributed by atoms with Crippen LogP contribution >= 0.6 is 0 Å². The molecule has 112 valence electrons. The molecule has 0 bridgehead atoms. The van der Waals surface area contributed by atoms with E-state index in [1.165, 1.54) is 12.1 Å². The highest BCUT2D eigenvalue weighted by molar-refractivity contribution is 5.95. The van der Waals surface area contributed by atoms with Crippen LogP contribution in [0.5, 0.6) is 0 Å². The lowest BCUT2D eigenvalue weighted by Gasteiger charge is -2.32. The molecule has 2 fully saturated rings. The highest BCUT2D eigenvalue weighted by atomic mass is 19.1. The molecule has 1 aromatic carbocycles. The van der Waals surface area contributed by atoms with Crippen LogP contribution in [0.25, 0.3) is 0 Å². The molecule has 1 saturated carbocycles. The fraction of sp³-hybridized carbons (Fsp3) is 0.500. The van der Waals surface area contributed by atoms with Crippen LogP contribution in [0.15, 0.2) is 24.3 Å². The summed E-state index contributed by atoms with van der Waals surface area (Å²) in [7, 11) is 0. The third-order valence-electron chi connectivity index (χ3n) is 4.11. The molecule has 1 heterocycles. The third-order valence-corrected chi connectivity index (χ3v) is 4.11. The number of amides is 2. The normalized spacial score (nSPS) is 22.0. The topological polar surface area (TPSA) is 49.4 Å². The quantitative estimate of drug-likeness (QED) is 0.925. The molecule has 3 rings (SSSR count). The van der Waals surface area contributed by atoms with Crippen molar-refractivity contribution in [3.05, 3.63) is 35.6 Å². The van der Waals surface area contributed by atoms with Crippen LogP contribution in [0.2, 0.25) is 0 Å². The molecule has 1 aromatic rings. The van der Waals surface area contributed by atoms with E-state index >= 15 is 0 Å². The molecule has 4 nitrogen and oxygen atoms in total. The van der Waals surface area contributed by atoms with Crippen LogP contribution in [0.4, 0.5) is 4.39 Å². The first-order valence-corrected chi connectivity index (χ1v) is 7.49. The third kappa shape index (κ3) is 3.23. The van der Waals surface area contributed by atoms with Gasteiger partial charge in [-0.25, -0.2) is 4.39 Å².